The van der Waals surface area contributed by atoms with Crippen molar-refractivity contribution in [3.05, 3.63) is 75.6 Å². The topological polar surface area (TPSA) is 85.4 Å². The van der Waals surface area contributed by atoms with E-state index in [-0.39, 0.29) is 16.3 Å². The number of sulfonamides is 1. The average Bonchev–Trinajstić information content (AvgIpc) is 2.78. The van der Waals surface area contributed by atoms with Crippen molar-refractivity contribution in [3.63, 3.8) is 0 Å². The molecule has 6 nitrogen and oxygen atoms in total. The van der Waals surface area contributed by atoms with Gasteiger partial charge in [-0.2, -0.15) is 13.2 Å². The Morgan fingerprint density at radius 1 is 1.14 bits per heavy atom. The number of carbonyl (C=O) groups excluding carboxylic acids is 1. The first-order chi connectivity index (χ1) is 16.7. The largest absolute Gasteiger partial charge is 0.481 e. The number of hydrogen-bond donors (Lipinski definition) is 1. The van der Waals surface area contributed by atoms with Crippen LogP contribution >= 0.6 is 15.9 Å². The molecule has 0 saturated heterocycles. The fraction of sp³-hybridized carbons (Fsp3) is 0.250. The van der Waals surface area contributed by atoms with Crippen molar-refractivity contribution in [1.82, 2.24) is 9.71 Å². The Labute approximate surface area is 213 Å². The first kappa shape index (κ1) is 27.6. The van der Waals surface area contributed by atoms with Crippen LogP contribution in [0.5, 0.6) is 5.88 Å². The molecule has 0 aliphatic rings. The highest BCUT2D eigenvalue weighted by Crippen LogP contribution is 2.36. The molecule has 1 N–H and O–H groups in total. The summed E-state index contributed by atoms with van der Waals surface area (Å²) in [6.45, 7) is 3.53. The van der Waals surface area contributed by atoms with E-state index in [1.165, 1.54) is 31.5 Å². The number of benzene rings is 2. The minimum atomic E-state index is -4.98. The van der Waals surface area contributed by atoms with Gasteiger partial charge in [0.15, 0.2) is 0 Å². The summed E-state index contributed by atoms with van der Waals surface area (Å²) >= 11 is 2.89. The van der Waals surface area contributed by atoms with E-state index < -0.39 is 44.8 Å². The third kappa shape index (κ3) is 6.22. The highest BCUT2D eigenvalue weighted by Gasteiger charge is 2.38. The number of aromatic nitrogens is 1. The molecule has 1 heterocycles. The van der Waals surface area contributed by atoms with E-state index in [1.54, 1.807) is 24.6 Å². The maximum absolute atomic E-state index is 14.5. The van der Waals surface area contributed by atoms with Gasteiger partial charge in [-0.05, 0) is 64.6 Å². The van der Waals surface area contributed by atoms with Gasteiger partial charge in [0.2, 0.25) is 11.8 Å². The van der Waals surface area contributed by atoms with E-state index in [9.17, 15) is 30.8 Å². The second kappa shape index (κ2) is 10.6. The monoisotopic (exact) mass is 588 g/mol. The number of carbonyl (C=O) groups is 1. The van der Waals surface area contributed by atoms with Gasteiger partial charge in [0.05, 0.1) is 24.0 Å². The van der Waals surface area contributed by atoms with Crippen molar-refractivity contribution in [1.29, 1.82) is 0 Å². The zero-order valence-corrected chi connectivity index (χ0v) is 21.7. The van der Waals surface area contributed by atoms with E-state index in [2.05, 4.69) is 20.9 Å². The number of amides is 1. The molecule has 0 unspecified atom stereocenters. The lowest BCUT2D eigenvalue weighted by Crippen LogP contribution is -2.33. The molecule has 192 valence electrons. The van der Waals surface area contributed by atoms with Crippen molar-refractivity contribution in [2.75, 3.05) is 7.11 Å². The molecule has 0 aliphatic heterocycles. The van der Waals surface area contributed by atoms with E-state index >= 15 is 0 Å². The molecule has 2 aromatic carbocycles. The summed E-state index contributed by atoms with van der Waals surface area (Å²) < 4.78 is 87.4. The van der Waals surface area contributed by atoms with E-state index in [1.807, 2.05) is 0 Å². The quantitative estimate of drug-likeness (QED) is 0.350. The Bertz CT molecular complexity index is 1410. The molecule has 0 bridgehead atoms. The lowest BCUT2D eigenvalue weighted by molar-refractivity contribution is -0.140. The van der Waals surface area contributed by atoms with E-state index in [0.717, 1.165) is 12.1 Å². The molecule has 0 fully saturated rings. The molecule has 36 heavy (non-hydrogen) atoms. The van der Waals surface area contributed by atoms with Crippen LogP contribution in [-0.4, -0.2) is 26.4 Å². The first-order valence-electron chi connectivity index (χ1n) is 10.5. The first-order valence-corrected chi connectivity index (χ1v) is 12.8. The molecule has 0 aliphatic carbocycles. The Hall–Kier alpha value is -2.99. The molecule has 0 spiro atoms. The number of alkyl halides is 3. The number of halogens is 5. The third-order valence-electron chi connectivity index (χ3n) is 5.25. The van der Waals surface area contributed by atoms with Crippen LogP contribution < -0.4 is 9.46 Å². The van der Waals surface area contributed by atoms with Gasteiger partial charge < -0.3 is 4.74 Å². The summed E-state index contributed by atoms with van der Waals surface area (Å²) in [6.07, 6.45) is -4.09. The van der Waals surface area contributed by atoms with Gasteiger partial charge in [-0.3, -0.25) is 4.79 Å². The maximum atomic E-state index is 14.5. The Morgan fingerprint density at radius 3 is 2.44 bits per heavy atom. The molecule has 1 amide bonds. The predicted octanol–water partition coefficient (Wildman–Crippen LogP) is 5.85. The molecular weight excluding hydrogens is 568 g/mol. The van der Waals surface area contributed by atoms with Gasteiger partial charge in [0, 0.05) is 16.7 Å². The van der Waals surface area contributed by atoms with Crippen LogP contribution in [0.3, 0.4) is 0 Å². The molecule has 3 aromatic rings. The summed E-state index contributed by atoms with van der Waals surface area (Å²) in [6, 6.07) is 8.01. The number of pyridine rings is 1. The van der Waals surface area contributed by atoms with E-state index in [0.29, 0.717) is 28.3 Å². The van der Waals surface area contributed by atoms with Gasteiger partial charge in [-0.1, -0.05) is 29.8 Å². The number of hydrogen-bond acceptors (Lipinski definition) is 5. The zero-order chi connectivity index (χ0) is 26.8. The molecule has 1 aromatic heterocycles. The van der Waals surface area contributed by atoms with Gasteiger partial charge in [0.25, 0.3) is 10.0 Å². The number of rotatable bonds is 7. The average molecular weight is 589 g/mol. The lowest BCUT2D eigenvalue weighted by atomic mass is 9.88. The SMILES string of the molecule is COc1cc(-c2cc(F)cc(C(C)C)c2CC(=O)NS(=O)(=O)c2ccc(Br)cc2C(F)(F)F)ccn1. The van der Waals surface area contributed by atoms with Gasteiger partial charge in [-0.25, -0.2) is 22.5 Å². The second-order valence-corrected chi connectivity index (χ2v) is 10.7. The molecule has 12 heteroatoms. The van der Waals surface area contributed by atoms with Crippen LogP contribution in [0.4, 0.5) is 17.6 Å². The summed E-state index contributed by atoms with van der Waals surface area (Å²) in [5.41, 5.74) is 0.0892. The molecule has 0 radical (unpaired) electrons. The molecular formula is C24H21BrF4N2O4S. The van der Waals surface area contributed by atoms with Gasteiger partial charge in [0.1, 0.15) is 5.82 Å². The molecule has 0 atom stereocenters. The van der Waals surface area contributed by atoms with Crippen molar-refractivity contribution >= 4 is 31.9 Å². The van der Waals surface area contributed by atoms with Crippen molar-refractivity contribution in [2.24, 2.45) is 0 Å². The van der Waals surface area contributed by atoms with Crippen LogP contribution in [0, 0.1) is 5.82 Å². The second-order valence-electron chi connectivity index (χ2n) is 8.11. The van der Waals surface area contributed by atoms with Crippen LogP contribution in [-0.2, 0) is 27.4 Å². The highest BCUT2D eigenvalue weighted by atomic mass is 79.9. The third-order valence-corrected chi connectivity index (χ3v) is 7.17. The van der Waals surface area contributed by atoms with E-state index in [4.69, 9.17) is 4.74 Å². The van der Waals surface area contributed by atoms with Crippen LogP contribution in [0.1, 0.15) is 36.5 Å². The number of nitrogens with zero attached hydrogens (tertiary/aromatic N) is 1. The highest BCUT2D eigenvalue weighted by molar-refractivity contribution is 9.10. The van der Waals surface area contributed by atoms with Gasteiger partial charge >= 0.3 is 6.18 Å². The number of nitrogens with one attached hydrogen (secondary N) is 1. The van der Waals surface area contributed by atoms with Crippen LogP contribution in [0.25, 0.3) is 11.1 Å². The summed E-state index contributed by atoms with van der Waals surface area (Å²) in [7, 11) is -3.49. The van der Waals surface area contributed by atoms with Crippen LogP contribution in [0.15, 0.2) is 58.0 Å². The van der Waals surface area contributed by atoms with Crippen molar-refractivity contribution in [2.45, 2.75) is 37.3 Å². The maximum Gasteiger partial charge on any atom is 0.417 e. The van der Waals surface area contributed by atoms with Crippen molar-refractivity contribution < 1.29 is 35.5 Å². The summed E-state index contributed by atoms with van der Waals surface area (Å²) in [4.78, 5) is 15.8. The number of ether oxygens (including phenoxy) is 1. The van der Waals surface area contributed by atoms with Gasteiger partial charge in [-0.15, -0.1) is 0 Å². The minimum Gasteiger partial charge on any atom is -0.481 e. The minimum absolute atomic E-state index is 0.0189. The fourth-order valence-electron chi connectivity index (χ4n) is 3.68. The lowest BCUT2D eigenvalue weighted by Gasteiger charge is -2.19. The zero-order valence-electron chi connectivity index (χ0n) is 19.3. The normalized spacial score (nSPS) is 12.0. The van der Waals surface area contributed by atoms with Crippen molar-refractivity contribution in [3.8, 4) is 17.0 Å². The number of methoxy groups -OCH3 is 1. The smallest absolute Gasteiger partial charge is 0.417 e. The van der Waals surface area contributed by atoms with Crippen LogP contribution in [0.2, 0.25) is 0 Å². The fourth-order valence-corrected chi connectivity index (χ4v) is 5.23. The Morgan fingerprint density at radius 2 is 1.83 bits per heavy atom. The molecule has 3 rings (SSSR count). The Kier molecular flexibility index (Phi) is 8.09. The summed E-state index contributed by atoms with van der Waals surface area (Å²) in [5, 5.41) is 0. The Balaban J connectivity index is 2.04. The standard InChI is InChI=1S/C24H21BrF4N2O4S/c1-13(2)17-10-16(26)11-18(14-6-7-30-23(8-14)35-3)19(17)12-22(32)31-36(33,34)21-5-4-15(25)9-20(21)24(27,28)29/h4-11,13H,12H2,1-3H3,(H,31,32). The predicted molar refractivity (Wildman–Crippen MR) is 128 cm³/mol. The molecule has 0 saturated carbocycles. The summed E-state index contributed by atoms with van der Waals surface area (Å²) in [5.74, 6) is -1.69.